The Morgan fingerprint density at radius 3 is 2.91 bits per heavy atom. The van der Waals surface area contributed by atoms with Crippen LogP contribution >= 0.6 is 27.3 Å². The number of hydrogen-bond acceptors (Lipinski definition) is 5. The summed E-state index contributed by atoms with van der Waals surface area (Å²) in [5.41, 5.74) is 1.11. The van der Waals surface area contributed by atoms with Crippen molar-refractivity contribution >= 4 is 38.1 Å². The molecule has 1 unspecified atom stereocenters. The van der Waals surface area contributed by atoms with E-state index >= 15 is 0 Å². The van der Waals surface area contributed by atoms with E-state index in [1.54, 1.807) is 11.3 Å². The Balaban J connectivity index is 1.57. The molecule has 7 heteroatoms. The van der Waals surface area contributed by atoms with Crippen molar-refractivity contribution in [1.82, 2.24) is 14.8 Å². The SMILES string of the molecule is Brc1cnc(N(CC2CC2)c2cnn(C3CCCCO3)c2)s1. The average molecular weight is 383 g/mol. The van der Waals surface area contributed by atoms with E-state index in [9.17, 15) is 0 Å². The molecule has 2 aliphatic rings. The highest BCUT2D eigenvalue weighted by molar-refractivity contribution is 9.11. The lowest BCUT2D eigenvalue weighted by Crippen LogP contribution is -2.20. The molecule has 2 aromatic rings. The molecule has 1 saturated carbocycles. The Morgan fingerprint density at radius 2 is 2.23 bits per heavy atom. The highest BCUT2D eigenvalue weighted by Crippen LogP contribution is 2.38. The van der Waals surface area contributed by atoms with E-state index in [4.69, 9.17) is 4.74 Å². The second-order valence-corrected chi connectivity index (χ2v) is 8.39. The smallest absolute Gasteiger partial charge is 0.190 e. The molecule has 3 heterocycles. The zero-order valence-corrected chi connectivity index (χ0v) is 14.7. The fourth-order valence-corrected chi connectivity index (χ4v) is 3.99. The van der Waals surface area contributed by atoms with Gasteiger partial charge in [0.15, 0.2) is 5.13 Å². The predicted octanol–water partition coefficient (Wildman–Crippen LogP) is 4.35. The minimum atomic E-state index is 0.0910. The van der Waals surface area contributed by atoms with Crippen LogP contribution < -0.4 is 4.90 Å². The summed E-state index contributed by atoms with van der Waals surface area (Å²) >= 11 is 5.18. The van der Waals surface area contributed by atoms with Crippen molar-refractivity contribution in [2.24, 2.45) is 5.92 Å². The van der Waals surface area contributed by atoms with Crippen LogP contribution in [0.25, 0.3) is 0 Å². The maximum absolute atomic E-state index is 5.82. The van der Waals surface area contributed by atoms with E-state index in [-0.39, 0.29) is 6.23 Å². The molecule has 0 aromatic carbocycles. The monoisotopic (exact) mass is 382 g/mol. The molecule has 2 fully saturated rings. The lowest BCUT2D eigenvalue weighted by Gasteiger charge is -2.23. The van der Waals surface area contributed by atoms with Crippen LogP contribution in [-0.4, -0.2) is 27.9 Å². The van der Waals surface area contributed by atoms with Crippen LogP contribution in [0.15, 0.2) is 22.4 Å². The largest absolute Gasteiger partial charge is 0.357 e. The molecule has 0 bridgehead atoms. The van der Waals surface area contributed by atoms with Gasteiger partial charge in [-0.15, -0.1) is 0 Å². The van der Waals surface area contributed by atoms with Gasteiger partial charge in [0, 0.05) is 13.2 Å². The lowest BCUT2D eigenvalue weighted by molar-refractivity contribution is -0.0394. The summed E-state index contributed by atoms with van der Waals surface area (Å²) in [5.74, 6) is 0.789. The minimum Gasteiger partial charge on any atom is -0.357 e. The van der Waals surface area contributed by atoms with Crippen molar-refractivity contribution in [2.45, 2.75) is 38.3 Å². The number of halogens is 1. The minimum absolute atomic E-state index is 0.0910. The summed E-state index contributed by atoms with van der Waals surface area (Å²) in [4.78, 5) is 6.82. The Hall–Kier alpha value is -0.920. The quantitative estimate of drug-likeness (QED) is 0.770. The number of rotatable bonds is 5. The topological polar surface area (TPSA) is 43.2 Å². The van der Waals surface area contributed by atoms with E-state index in [1.165, 1.54) is 19.3 Å². The fraction of sp³-hybridized carbons (Fsp3) is 0.600. The molecule has 1 atom stereocenters. The first-order chi connectivity index (χ1) is 10.8. The van der Waals surface area contributed by atoms with Crippen LogP contribution in [0, 0.1) is 5.92 Å². The molecular weight excluding hydrogens is 364 g/mol. The number of anilines is 2. The van der Waals surface area contributed by atoms with Crippen molar-refractivity contribution in [3.63, 3.8) is 0 Å². The summed E-state index contributed by atoms with van der Waals surface area (Å²) in [6.45, 7) is 1.86. The standard InChI is InChI=1S/C15H19BrN4OS/c16-13-8-17-15(22-13)19(9-11-4-5-11)12-7-18-20(10-12)14-3-1-2-6-21-14/h7-8,10-11,14H,1-6,9H2. The maximum Gasteiger partial charge on any atom is 0.190 e. The van der Waals surface area contributed by atoms with Crippen molar-refractivity contribution in [3.8, 4) is 0 Å². The van der Waals surface area contributed by atoms with Crippen LogP contribution in [0.2, 0.25) is 0 Å². The molecule has 5 nitrogen and oxygen atoms in total. The van der Waals surface area contributed by atoms with Gasteiger partial charge in [-0.2, -0.15) is 5.10 Å². The molecule has 0 amide bonds. The molecule has 118 valence electrons. The van der Waals surface area contributed by atoms with Crippen molar-refractivity contribution in [2.75, 3.05) is 18.1 Å². The first-order valence-corrected chi connectivity index (χ1v) is 9.45. The zero-order valence-electron chi connectivity index (χ0n) is 12.3. The number of aromatic nitrogens is 3. The van der Waals surface area contributed by atoms with Gasteiger partial charge in [0.1, 0.15) is 6.23 Å². The highest BCUT2D eigenvalue weighted by Gasteiger charge is 2.28. The zero-order chi connectivity index (χ0) is 14.9. The molecule has 1 aliphatic heterocycles. The van der Waals surface area contributed by atoms with E-state index in [1.807, 2.05) is 17.1 Å². The first kappa shape index (κ1) is 14.7. The van der Waals surface area contributed by atoms with Gasteiger partial charge in [0.05, 0.1) is 28.1 Å². The van der Waals surface area contributed by atoms with Crippen LogP contribution in [0.3, 0.4) is 0 Å². The third kappa shape index (κ3) is 3.21. The van der Waals surface area contributed by atoms with Crippen LogP contribution in [0.4, 0.5) is 10.8 Å². The molecule has 22 heavy (non-hydrogen) atoms. The van der Waals surface area contributed by atoms with Crippen molar-refractivity contribution in [1.29, 1.82) is 0 Å². The summed E-state index contributed by atoms with van der Waals surface area (Å²) in [6.07, 6.45) is 12.1. The van der Waals surface area contributed by atoms with E-state index in [0.717, 1.165) is 46.5 Å². The number of nitrogens with zero attached hydrogens (tertiary/aromatic N) is 4. The third-order valence-electron chi connectivity index (χ3n) is 4.18. The van der Waals surface area contributed by atoms with Gasteiger partial charge >= 0.3 is 0 Å². The van der Waals surface area contributed by atoms with Crippen LogP contribution in [0.1, 0.15) is 38.3 Å². The second-order valence-electron chi connectivity index (χ2n) is 6.00. The van der Waals surface area contributed by atoms with Gasteiger partial charge in [-0.25, -0.2) is 9.67 Å². The molecule has 0 spiro atoms. The van der Waals surface area contributed by atoms with Gasteiger partial charge in [-0.05, 0) is 54.0 Å². The Labute approximate surface area is 142 Å². The van der Waals surface area contributed by atoms with E-state index in [0.29, 0.717) is 0 Å². The highest BCUT2D eigenvalue weighted by atomic mass is 79.9. The van der Waals surface area contributed by atoms with E-state index in [2.05, 4.69) is 37.1 Å². The summed E-state index contributed by atoms with van der Waals surface area (Å²) in [5, 5.41) is 5.57. The molecule has 1 saturated heterocycles. The summed E-state index contributed by atoms with van der Waals surface area (Å²) < 4.78 is 8.85. The van der Waals surface area contributed by atoms with Gasteiger partial charge in [0.25, 0.3) is 0 Å². The Bertz CT molecular complexity index is 633. The molecule has 4 rings (SSSR count). The summed E-state index contributed by atoms with van der Waals surface area (Å²) in [7, 11) is 0. The molecular formula is C15H19BrN4OS. The maximum atomic E-state index is 5.82. The Kier molecular flexibility index (Phi) is 4.19. The third-order valence-corrected chi connectivity index (χ3v) is 5.68. The number of thiazole rings is 1. The second kappa shape index (κ2) is 6.29. The normalized spacial score (nSPS) is 22.0. The van der Waals surface area contributed by atoms with Gasteiger partial charge in [-0.3, -0.25) is 0 Å². The van der Waals surface area contributed by atoms with Gasteiger partial charge in [0.2, 0.25) is 0 Å². The number of ether oxygens (including phenoxy) is 1. The Morgan fingerprint density at radius 1 is 1.32 bits per heavy atom. The van der Waals surface area contributed by atoms with Crippen molar-refractivity contribution in [3.05, 3.63) is 22.4 Å². The van der Waals surface area contributed by atoms with E-state index < -0.39 is 0 Å². The average Bonchev–Trinajstić information content (AvgIpc) is 3.06. The number of hydrogen-bond donors (Lipinski definition) is 0. The molecule has 0 N–H and O–H groups in total. The van der Waals surface area contributed by atoms with Crippen molar-refractivity contribution < 1.29 is 4.74 Å². The lowest BCUT2D eigenvalue weighted by atomic mass is 10.2. The molecule has 0 radical (unpaired) electrons. The predicted molar refractivity (Wildman–Crippen MR) is 90.6 cm³/mol. The van der Waals surface area contributed by atoms with Crippen LogP contribution in [-0.2, 0) is 4.74 Å². The molecule has 1 aliphatic carbocycles. The van der Waals surface area contributed by atoms with Gasteiger partial charge < -0.3 is 9.64 Å². The summed E-state index contributed by atoms with van der Waals surface area (Å²) in [6, 6.07) is 0. The molecule has 2 aromatic heterocycles. The first-order valence-electron chi connectivity index (χ1n) is 7.84. The van der Waals surface area contributed by atoms with Crippen LogP contribution in [0.5, 0.6) is 0 Å². The fourth-order valence-electron chi connectivity index (χ4n) is 2.78. The van der Waals surface area contributed by atoms with Gasteiger partial charge in [-0.1, -0.05) is 11.3 Å².